The van der Waals surface area contributed by atoms with E-state index >= 15 is 0 Å². The van der Waals surface area contributed by atoms with Crippen molar-refractivity contribution in [2.45, 2.75) is 46.1 Å². The van der Waals surface area contributed by atoms with Crippen LogP contribution in [0.25, 0.3) is 0 Å². The first-order valence-corrected chi connectivity index (χ1v) is 8.87. The summed E-state index contributed by atoms with van der Waals surface area (Å²) in [6.45, 7) is 6.03. The van der Waals surface area contributed by atoms with Gasteiger partial charge in [-0.05, 0) is 31.6 Å². The smallest absolute Gasteiger partial charge is 0.319 e. The summed E-state index contributed by atoms with van der Waals surface area (Å²) >= 11 is 0. The monoisotopic (exact) mass is 333 g/mol. The van der Waals surface area contributed by atoms with E-state index in [0.29, 0.717) is 19.1 Å². The Balaban J connectivity index is 1.59. The van der Waals surface area contributed by atoms with Gasteiger partial charge in [-0.2, -0.15) is 5.10 Å². The van der Waals surface area contributed by atoms with E-state index in [4.69, 9.17) is 0 Å². The van der Waals surface area contributed by atoms with E-state index in [0.717, 1.165) is 36.3 Å². The maximum absolute atomic E-state index is 12.4. The molecule has 1 N–H and O–H groups in total. The molecule has 0 radical (unpaired) electrons. The SMILES string of the molecule is CCc1nn(C)c(CC)c1CNC(=O)N1CC(=O)N(CC2CC2)C1. The number of carbonyl (C=O) groups excluding carboxylic acids is 2. The minimum atomic E-state index is -0.172. The van der Waals surface area contributed by atoms with Crippen LogP contribution in [0.2, 0.25) is 0 Å². The Labute approximate surface area is 143 Å². The van der Waals surface area contributed by atoms with Crippen LogP contribution in [0.15, 0.2) is 0 Å². The Bertz CT molecular complexity index is 635. The molecule has 2 aliphatic rings. The number of aryl methyl sites for hydroxylation is 2. The van der Waals surface area contributed by atoms with E-state index < -0.39 is 0 Å². The number of aromatic nitrogens is 2. The Morgan fingerprint density at radius 1 is 1.29 bits per heavy atom. The number of urea groups is 1. The van der Waals surface area contributed by atoms with Crippen molar-refractivity contribution in [2.24, 2.45) is 13.0 Å². The molecule has 7 nitrogen and oxygen atoms in total. The predicted octanol–water partition coefficient (Wildman–Crippen LogP) is 1.27. The highest BCUT2D eigenvalue weighted by Gasteiger charge is 2.34. The van der Waals surface area contributed by atoms with Gasteiger partial charge in [0.2, 0.25) is 5.91 Å². The summed E-state index contributed by atoms with van der Waals surface area (Å²) in [5.74, 6) is 0.702. The Morgan fingerprint density at radius 2 is 2.04 bits per heavy atom. The summed E-state index contributed by atoms with van der Waals surface area (Å²) in [6.07, 6.45) is 4.13. The zero-order valence-corrected chi connectivity index (χ0v) is 14.8. The Kier molecular flexibility index (Phi) is 4.78. The van der Waals surface area contributed by atoms with Crippen molar-refractivity contribution in [1.29, 1.82) is 0 Å². The van der Waals surface area contributed by atoms with Gasteiger partial charge >= 0.3 is 6.03 Å². The second-order valence-corrected chi connectivity index (χ2v) is 6.76. The first-order valence-electron chi connectivity index (χ1n) is 8.87. The molecule has 0 unspecified atom stereocenters. The van der Waals surface area contributed by atoms with E-state index in [-0.39, 0.29) is 18.5 Å². The van der Waals surface area contributed by atoms with Gasteiger partial charge in [0, 0.05) is 31.4 Å². The molecule has 0 spiro atoms. The number of carbonyl (C=O) groups is 2. The topological polar surface area (TPSA) is 70.5 Å². The van der Waals surface area contributed by atoms with Crippen molar-refractivity contribution in [2.75, 3.05) is 19.8 Å². The number of hydrogen-bond acceptors (Lipinski definition) is 3. The standard InChI is InChI=1S/C17H27N5O2/c1-4-14-13(15(5-2)20(3)19-14)8-18-17(24)22-10-16(23)21(11-22)9-12-6-7-12/h12H,4-11H2,1-3H3,(H,18,24). The minimum absolute atomic E-state index is 0.0573. The number of rotatable bonds is 6. The molecule has 1 aromatic heterocycles. The van der Waals surface area contributed by atoms with Gasteiger partial charge in [-0.15, -0.1) is 0 Å². The molecule has 132 valence electrons. The zero-order valence-electron chi connectivity index (χ0n) is 14.8. The molecular weight excluding hydrogens is 306 g/mol. The van der Waals surface area contributed by atoms with Crippen molar-refractivity contribution >= 4 is 11.9 Å². The maximum atomic E-state index is 12.4. The molecule has 2 fully saturated rings. The fraction of sp³-hybridized carbons (Fsp3) is 0.706. The van der Waals surface area contributed by atoms with Crippen LogP contribution >= 0.6 is 0 Å². The fourth-order valence-corrected chi connectivity index (χ4v) is 3.38. The maximum Gasteiger partial charge on any atom is 0.319 e. The van der Waals surface area contributed by atoms with E-state index in [1.807, 2.05) is 11.7 Å². The van der Waals surface area contributed by atoms with E-state index in [2.05, 4.69) is 24.3 Å². The first kappa shape index (κ1) is 16.8. The zero-order chi connectivity index (χ0) is 17.3. The Hall–Kier alpha value is -2.05. The molecule has 0 bridgehead atoms. The van der Waals surface area contributed by atoms with Crippen LogP contribution in [0.5, 0.6) is 0 Å². The van der Waals surface area contributed by atoms with Crippen LogP contribution in [0.3, 0.4) is 0 Å². The molecule has 1 saturated carbocycles. The van der Waals surface area contributed by atoms with Crippen LogP contribution in [0.4, 0.5) is 4.79 Å². The number of amides is 3. The average molecular weight is 333 g/mol. The van der Waals surface area contributed by atoms with Gasteiger partial charge in [0.25, 0.3) is 0 Å². The minimum Gasteiger partial charge on any atom is -0.334 e. The first-order chi connectivity index (χ1) is 11.5. The number of nitrogens with one attached hydrogen (secondary N) is 1. The molecule has 3 rings (SSSR count). The molecule has 1 aromatic rings. The van der Waals surface area contributed by atoms with Crippen molar-refractivity contribution in [1.82, 2.24) is 24.9 Å². The Morgan fingerprint density at radius 3 is 2.67 bits per heavy atom. The second kappa shape index (κ2) is 6.83. The van der Waals surface area contributed by atoms with Gasteiger partial charge in [0.1, 0.15) is 6.54 Å². The third kappa shape index (κ3) is 3.39. The lowest BCUT2D eigenvalue weighted by Crippen LogP contribution is -2.39. The number of hydrogen-bond donors (Lipinski definition) is 1. The molecule has 2 heterocycles. The fourth-order valence-electron chi connectivity index (χ4n) is 3.38. The highest BCUT2D eigenvalue weighted by atomic mass is 16.2. The molecule has 0 aromatic carbocycles. The van der Waals surface area contributed by atoms with Crippen LogP contribution in [0.1, 0.15) is 43.6 Å². The summed E-state index contributed by atoms with van der Waals surface area (Å²) in [5, 5.41) is 7.50. The van der Waals surface area contributed by atoms with E-state index in [1.54, 1.807) is 9.80 Å². The van der Waals surface area contributed by atoms with E-state index in [9.17, 15) is 9.59 Å². The molecule has 0 atom stereocenters. The summed E-state index contributed by atoms with van der Waals surface area (Å²) in [5.41, 5.74) is 3.29. The van der Waals surface area contributed by atoms with Crippen molar-refractivity contribution < 1.29 is 9.59 Å². The van der Waals surface area contributed by atoms with Crippen LogP contribution in [0, 0.1) is 5.92 Å². The van der Waals surface area contributed by atoms with Crippen LogP contribution in [-0.4, -0.2) is 51.3 Å². The summed E-state index contributed by atoms with van der Waals surface area (Å²) in [7, 11) is 1.94. The molecule has 24 heavy (non-hydrogen) atoms. The summed E-state index contributed by atoms with van der Waals surface area (Å²) < 4.78 is 1.90. The van der Waals surface area contributed by atoms with Gasteiger partial charge in [0.05, 0.1) is 12.4 Å². The van der Waals surface area contributed by atoms with Crippen molar-refractivity contribution in [3.05, 3.63) is 17.0 Å². The van der Waals surface area contributed by atoms with Gasteiger partial charge in [-0.3, -0.25) is 14.4 Å². The predicted molar refractivity (Wildman–Crippen MR) is 90.2 cm³/mol. The quantitative estimate of drug-likeness (QED) is 0.852. The lowest BCUT2D eigenvalue weighted by molar-refractivity contribution is -0.126. The molecule has 1 saturated heterocycles. The van der Waals surface area contributed by atoms with Gasteiger partial charge in [-0.25, -0.2) is 4.79 Å². The lowest BCUT2D eigenvalue weighted by atomic mass is 10.1. The van der Waals surface area contributed by atoms with Gasteiger partial charge in [-0.1, -0.05) is 13.8 Å². The van der Waals surface area contributed by atoms with Gasteiger partial charge < -0.3 is 10.2 Å². The van der Waals surface area contributed by atoms with Crippen molar-refractivity contribution in [3.63, 3.8) is 0 Å². The van der Waals surface area contributed by atoms with Gasteiger partial charge in [0.15, 0.2) is 0 Å². The van der Waals surface area contributed by atoms with E-state index in [1.165, 1.54) is 12.8 Å². The third-order valence-corrected chi connectivity index (χ3v) is 4.93. The second-order valence-electron chi connectivity index (χ2n) is 6.76. The highest BCUT2D eigenvalue weighted by molar-refractivity contribution is 5.87. The normalized spacial score (nSPS) is 17.7. The third-order valence-electron chi connectivity index (χ3n) is 4.93. The molecule has 1 aliphatic heterocycles. The average Bonchev–Trinajstić information content (AvgIpc) is 3.22. The highest BCUT2D eigenvalue weighted by Crippen LogP contribution is 2.30. The largest absolute Gasteiger partial charge is 0.334 e. The summed E-state index contributed by atoms with van der Waals surface area (Å²) in [4.78, 5) is 27.8. The number of nitrogens with zero attached hydrogens (tertiary/aromatic N) is 4. The van der Waals surface area contributed by atoms with Crippen LogP contribution in [-0.2, 0) is 31.2 Å². The lowest BCUT2D eigenvalue weighted by Gasteiger charge is -2.18. The molecular formula is C17H27N5O2. The van der Waals surface area contributed by atoms with Crippen molar-refractivity contribution in [3.8, 4) is 0 Å². The molecule has 3 amide bonds. The molecule has 1 aliphatic carbocycles. The van der Waals surface area contributed by atoms with Crippen LogP contribution < -0.4 is 5.32 Å². The molecule has 7 heteroatoms. The summed E-state index contributed by atoms with van der Waals surface area (Å²) in [6, 6.07) is -0.172.